The van der Waals surface area contributed by atoms with Crippen LogP contribution in [0.2, 0.25) is 0 Å². The first-order chi connectivity index (χ1) is 14.0. The molecule has 2 aromatic rings. The summed E-state index contributed by atoms with van der Waals surface area (Å²) in [4.78, 5) is 37.6. The van der Waals surface area contributed by atoms with Gasteiger partial charge in [-0.15, -0.1) is 0 Å². The number of aliphatic carboxylic acids is 1. The van der Waals surface area contributed by atoms with E-state index in [1.54, 1.807) is 41.3 Å². The summed E-state index contributed by atoms with van der Waals surface area (Å²) in [6, 6.07) is 15.7. The van der Waals surface area contributed by atoms with E-state index in [2.05, 4.69) is 0 Å². The molecule has 1 unspecified atom stereocenters. The molecule has 6 nitrogen and oxygen atoms in total. The first-order valence-electron chi connectivity index (χ1n) is 9.88. The molecule has 0 aliphatic carbocycles. The van der Waals surface area contributed by atoms with E-state index in [1.165, 1.54) is 0 Å². The van der Waals surface area contributed by atoms with E-state index in [0.29, 0.717) is 29.8 Å². The molecular formula is C23H25NO5. The molecule has 1 saturated heterocycles. The number of benzene rings is 2. The number of hydrogen-bond acceptors (Lipinski definition) is 4. The zero-order chi connectivity index (χ0) is 20.6. The highest BCUT2D eigenvalue weighted by molar-refractivity contribution is 6.08. The lowest BCUT2D eigenvalue weighted by Crippen LogP contribution is -2.46. The van der Waals surface area contributed by atoms with Gasteiger partial charge in [-0.1, -0.05) is 30.3 Å². The second-order valence-electron chi connectivity index (χ2n) is 7.18. The number of nitrogens with zero attached hydrogens (tertiary/aromatic N) is 1. The van der Waals surface area contributed by atoms with Crippen molar-refractivity contribution in [1.29, 1.82) is 0 Å². The molecule has 1 amide bonds. The third kappa shape index (κ3) is 5.67. The summed E-state index contributed by atoms with van der Waals surface area (Å²) in [5, 5.41) is 8.90. The molecule has 1 atom stereocenters. The SMILES string of the molecule is O=C(O)CCC1CCCCN1C(=O)COc1ccc(C(=O)c2ccccc2)cc1. The van der Waals surface area contributed by atoms with E-state index in [9.17, 15) is 14.4 Å². The Balaban J connectivity index is 1.55. The summed E-state index contributed by atoms with van der Waals surface area (Å²) in [7, 11) is 0. The lowest BCUT2D eigenvalue weighted by molar-refractivity contribution is -0.141. The van der Waals surface area contributed by atoms with Crippen LogP contribution in [-0.2, 0) is 9.59 Å². The van der Waals surface area contributed by atoms with Crippen LogP contribution in [0.1, 0.15) is 48.0 Å². The first kappa shape index (κ1) is 20.6. The van der Waals surface area contributed by atoms with Gasteiger partial charge < -0.3 is 14.7 Å². The van der Waals surface area contributed by atoms with E-state index in [4.69, 9.17) is 9.84 Å². The fourth-order valence-electron chi connectivity index (χ4n) is 3.61. The van der Waals surface area contributed by atoms with Crippen LogP contribution in [0.5, 0.6) is 5.75 Å². The molecule has 0 aromatic heterocycles. The van der Waals surface area contributed by atoms with E-state index in [1.807, 2.05) is 18.2 Å². The predicted octanol–water partition coefficient (Wildman–Crippen LogP) is 3.54. The van der Waals surface area contributed by atoms with Crippen LogP contribution in [0.15, 0.2) is 54.6 Å². The Morgan fingerprint density at radius 2 is 1.66 bits per heavy atom. The van der Waals surface area contributed by atoms with Crippen LogP contribution in [0.3, 0.4) is 0 Å². The topological polar surface area (TPSA) is 83.9 Å². The minimum Gasteiger partial charge on any atom is -0.484 e. The molecule has 152 valence electrons. The second kappa shape index (κ2) is 9.87. The Kier molecular flexibility index (Phi) is 7.00. The number of rotatable bonds is 8. The summed E-state index contributed by atoms with van der Waals surface area (Å²) in [6.07, 6.45) is 3.29. The number of carbonyl (C=O) groups is 3. The summed E-state index contributed by atoms with van der Waals surface area (Å²) in [5.74, 6) is -0.529. The molecule has 1 fully saturated rings. The van der Waals surface area contributed by atoms with Crippen molar-refractivity contribution in [2.75, 3.05) is 13.2 Å². The van der Waals surface area contributed by atoms with Crippen LogP contribution in [-0.4, -0.2) is 46.9 Å². The molecule has 3 rings (SSSR count). The molecule has 1 N–H and O–H groups in total. The number of ketones is 1. The van der Waals surface area contributed by atoms with Gasteiger partial charge in [-0.05, 0) is 49.9 Å². The molecule has 6 heteroatoms. The Morgan fingerprint density at radius 3 is 2.34 bits per heavy atom. The molecule has 2 aromatic carbocycles. The average molecular weight is 395 g/mol. The normalized spacial score (nSPS) is 16.3. The number of hydrogen-bond donors (Lipinski definition) is 1. The van der Waals surface area contributed by atoms with Gasteiger partial charge in [0.25, 0.3) is 5.91 Å². The molecule has 1 aliphatic heterocycles. The van der Waals surface area contributed by atoms with Crippen LogP contribution >= 0.6 is 0 Å². The van der Waals surface area contributed by atoms with Crippen molar-refractivity contribution in [3.63, 3.8) is 0 Å². The maximum Gasteiger partial charge on any atom is 0.303 e. The number of amides is 1. The number of carbonyl (C=O) groups excluding carboxylic acids is 2. The van der Waals surface area contributed by atoms with Crippen molar-refractivity contribution < 1.29 is 24.2 Å². The molecule has 0 bridgehead atoms. The minimum absolute atomic E-state index is 0.0400. The molecule has 0 spiro atoms. The van der Waals surface area contributed by atoms with Crippen LogP contribution in [0.25, 0.3) is 0 Å². The van der Waals surface area contributed by atoms with Crippen molar-refractivity contribution in [3.05, 3.63) is 65.7 Å². The third-order valence-corrected chi connectivity index (χ3v) is 5.15. The van der Waals surface area contributed by atoms with Gasteiger partial charge in [-0.3, -0.25) is 14.4 Å². The van der Waals surface area contributed by atoms with Crippen LogP contribution in [0.4, 0.5) is 0 Å². The van der Waals surface area contributed by atoms with Gasteiger partial charge in [0.1, 0.15) is 5.75 Å². The maximum absolute atomic E-state index is 12.6. The highest BCUT2D eigenvalue weighted by Crippen LogP contribution is 2.22. The summed E-state index contributed by atoms with van der Waals surface area (Å²) in [6.45, 7) is 0.534. The van der Waals surface area contributed by atoms with Crippen molar-refractivity contribution in [3.8, 4) is 5.75 Å². The zero-order valence-corrected chi connectivity index (χ0v) is 16.3. The van der Waals surface area contributed by atoms with Gasteiger partial charge in [0, 0.05) is 30.1 Å². The molecule has 1 heterocycles. The highest BCUT2D eigenvalue weighted by Gasteiger charge is 2.27. The number of likely N-dealkylation sites (tertiary alicyclic amines) is 1. The van der Waals surface area contributed by atoms with Crippen molar-refractivity contribution in [1.82, 2.24) is 4.90 Å². The smallest absolute Gasteiger partial charge is 0.303 e. The largest absolute Gasteiger partial charge is 0.484 e. The first-order valence-corrected chi connectivity index (χ1v) is 9.88. The average Bonchev–Trinajstić information content (AvgIpc) is 2.76. The fourth-order valence-corrected chi connectivity index (χ4v) is 3.61. The molecule has 1 aliphatic rings. The second-order valence-corrected chi connectivity index (χ2v) is 7.18. The Bertz CT molecular complexity index is 847. The Labute approximate surface area is 170 Å². The van der Waals surface area contributed by atoms with Gasteiger partial charge in [-0.2, -0.15) is 0 Å². The number of piperidine rings is 1. The summed E-state index contributed by atoms with van der Waals surface area (Å²) >= 11 is 0. The molecule has 0 radical (unpaired) electrons. The van der Waals surface area contributed by atoms with E-state index >= 15 is 0 Å². The van der Waals surface area contributed by atoms with Crippen molar-refractivity contribution in [2.45, 2.75) is 38.1 Å². The van der Waals surface area contributed by atoms with Gasteiger partial charge in [0.15, 0.2) is 12.4 Å². The fraction of sp³-hybridized carbons (Fsp3) is 0.348. The lowest BCUT2D eigenvalue weighted by Gasteiger charge is -2.35. The van der Waals surface area contributed by atoms with E-state index in [-0.39, 0.29) is 30.8 Å². The predicted molar refractivity (Wildman–Crippen MR) is 108 cm³/mol. The quantitative estimate of drug-likeness (QED) is 0.691. The Morgan fingerprint density at radius 1 is 0.966 bits per heavy atom. The summed E-state index contributed by atoms with van der Waals surface area (Å²) in [5.41, 5.74) is 1.17. The molecule has 0 saturated carbocycles. The van der Waals surface area contributed by atoms with Crippen LogP contribution < -0.4 is 4.74 Å². The van der Waals surface area contributed by atoms with Gasteiger partial charge in [0.2, 0.25) is 0 Å². The van der Waals surface area contributed by atoms with Crippen molar-refractivity contribution >= 4 is 17.7 Å². The lowest BCUT2D eigenvalue weighted by atomic mass is 9.98. The monoisotopic (exact) mass is 395 g/mol. The number of carboxylic acids is 1. The highest BCUT2D eigenvalue weighted by atomic mass is 16.5. The Hall–Kier alpha value is -3.15. The zero-order valence-electron chi connectivity index (χ0n) is 16.3. The summed E-state index contributed by atoms with van der Waals surface area (Å²) < 4.78 is 5.62. The van der Waals surface area contributed by atoms with Gasteiger partial charge >= 0.3 is 5.97 Å². The van der Waals surface area contributed by atoms with E-state index in [0.717, 1.165) is 19.3 Å². The van der Waals surface area contributed by atoms with Gasteiger partial charge in [-0.25, -0.2) is 0 Å². The maximum atomic E-state index is 12.6. The number of ether oxygens (including phenoxy) is 1. The third-order valence-electron chi connectivity index (χ3n) is 5.15. The molecular weight excluding hydrogens is 370 g/mol. The van der Waals surface area contributed by atoms with Crippen LogP contribution in [0, 0.1) is 0 Å². The van der Waals surface area contributed by atoms with E-state index < -0.39 is 5.97 Å². The standard InChI is InChI=1S/C23H25NO5/c25-21(24-15-5-4-8-19(24)11-14-22(26)27)16-29-20-12-9-18(10-13-20)23(28)17-6-2-1-3-7-17/h1-3,6-7,9-10,12-13,19H,4-5,8,11,14-16H2,(H,26,27). The van der Waals surface area contributed by atoms with Gasteiger partial charge in [0.05, 0.1) is 0 Å². The number of carboxylic acid groups (broad SMARTS) is 1. The van der Waals surface area contributed by atoms with Crippen molar-refractivity contribution in [2.24, 2.45) is 0 Å². The minimum atomic E-state index is -0.843. The molecule has 29 heavy (non-hydrogen) atoms.